The first-order chi connectivity index (χ1) is 10.7. The normalized spacial score (nSPS) is 11.0. The number of nitrogens with one attached hydrogen (secondary N) is 1. The number of benzene rings is 2. The summed E-state index contributed by atoms with van der Waals surface area (Å²) in [4.78, 5) is 3.54. The lowest BCUT2D eigenvalue weighted by Gasteiger charge is -2.06. The van der Waals surface area contributed by atoms with Crippen LogP contribution in [-0.2, 0) is 0 Å². The van der Waals surface area contributed by atoms with Gasteiger partial charge in [0.05, 0.1) is 6.61 Å². The molecule has 0 amide bonds. The zero-order valence-corrected chi connectivity index (χ0v) is 13.6. The summed E-state index contributed by atoms with van der Waals surface area (Å²) in [6, 6.07) is 14.9. The van der Waals surface area contributed by atoms with Gasteiger partial charge < -0.3 is 9.72 Å². The molecule has 1 N–H and O–H groups in total. The third-order valence-corrected chi connectivity index (χ3v) is 4.12. The summed E-state index contributed by atoms with van der Waals surface area (Å²) >= 11 is 0. The fraction of sp³-hybridized carbons (Fsp3) is 0.300. The van der Waals surface area contributed by atoms with E-state index in [1.54, 1.807) is 0 Å². The molecule has 2 nitrogen and oxygen atoms in total. The van der Waals surface area contributed by atoms with Crippen LogP contribution in [0.4, 0.5) is 0 Å². The number of aromatic amines is 1. The number of rotatable bonds is 5. The van der Waals surface area contributed by atoms with E-state index in [4.69, 9.17) is 4.74 Å². The molecule has 0 aliphatic carbocycles. The fourth-order valence-corrected chi connectivity index (χ4v) is 2.78. The van der Waals surface area contributed by atoms with Crippen molar-refractivity contribution in [3.05, 3.63) is 53.6 Å². The molecule has 1 heterocycles. The summed E-state index contributed by atoms with van der Waals surface area (Å²) in [5.41, 5.74) is 6.19. The van der Waals surface area contributed by atoms with Crippen LogP contribution < -0.4 is 4.74 Å². The molecule has 0 saturated carbocycles. The molecule has 0 spiro atoms. The summed E-state index contributed by atoms with van der Waals surface area (Å²) in [6.07, 6.45) is 2.26. The lowest BCUT2D eigenvalue weighted by atomic mass is 10.1. The molecule has 2 aromatic carbocycles. The van der Waals surface area contributed by atoms with Crippen molar-refractivity contribution in [3.8, 4) is 17.0 Å². The topological polar surface area (TPSA) is 25.0 Å². The second-order valence-electron chi connectivity index (χ2n) is 5.90. The average Bonchev–Trinajstić information content (AvgIpc) is 2.85. The minimum Gasteiger partial charge on any atom is -0.494 e. The van der Waals surface area contributed by atoms with Crippen molar-refractivity contribution in [2.45, 2.75) is 33.6 Å². The first-order valence-electron chi connectivity index (χ1n) is 8.01. The van der Waals surface area contributed by atoms with Crippen molar-refractivity contribution < 1.29 is 4.74 Å². The maximum atomic E-state index is 5.73. The average molecular weight is 293 g/mol. The van der Waals surface area contributed by atoms with Crippen LogP contribution in [-0.4, -0.2) is 11.6 Å². The number of aromatic nitrogens is 1. The quantitative estimate of drug-likeness (QED) is 0.606. The first kappa shape index (κ1) is 14.7. The Morgan fingerprint density at radius 3 is 2.50 bits per heavy atom. The standard InChI is InChI=1S/C20H23NO/c1-4-5-12-22-17-9-7-16(8-10-17)20-15(3)18-13-14(2)6-11-19(18)21-20/h6-11,13,21H,4-5,12H2,1-3H3. The molecule has 0 fully saturated rings. The molecular weight excluding hydrogens is 270 g/mol. The summed E-state index contributed by atoms with van der Waals surface area (Å²) in [6.45, 7) is 7.28. The van der Waals surface area contributed by atoms with Crippen molar-refractivity contribution in [2.24, 2.45) is 0 Å². The lowest BCUT2D eigenvalue weighted by Crippen LogP contribution is -1.96. The van der Waals surface area contributed by atoms with E-state index < -0.39 is 0 Å². The predicted octanol–water partition coefficient (Wildman–Crippen LogP) is 5.63. The van der Waals surface area contributed by atoms with Crippen LogP contribution in [0.5, 0.6) is 5.75 Å². The van der Waals surface area contributed by atoms with Gasteiger partial charge in [-0.15, -0.1) is 0 Å². The van der Waals surface area contributed by atoms with Gasteiger partial charge in [-0.1, -0.05) is 25.0 Å². The molecule has 0 aliphatic rings. The Labute approximate surface area is 132 Å². The third-order valence-electron chi connectivity index (χ3n) is 4.12. The molecule has 0 saturated heterocycles. The Morgan fingerprint density at radius 2 is 1.77 bits per heavy atom. The highest BCUT2D eigenvalue weighted by Crippen LogP contribution is 2.31. The minimum atomic E-state index is 0.792. The van der Waals surface area contributed by atoms with Gasteiger partial charge in [0.2, 0.25) is 0 Å². The Kier molecular flexibility index (Phi) is 4.19. The molecule has 0 radical (unpaired) electrons. The molecule has 2 heteroatoms. The second kappa shape index (κ2) is 6.27. The van der Waals surface area contributed by atoms with E-state index in [-0.39, 0.29) is 0 Å². The number of fused-ring (bicyclic) bond motifs is 1. The van der Waals surface area contributed by atoms with Crippen LogP contribution >= 0.6 is 0 Å². The van der Waals surface area contributed by atoms with E-state index in [1.165, 1.54) is 33.3 Å². The predicted molar refractivity (Wildman–Crippen MR) is 93.6 cm³/mol. The van der Waals surface area contributed by atoms with Gasteiger partial charge in [0, 0.05) is 16.6 Å². The molecular formula is C20H23NO. The number of aryl methyl sites for hydroxylation is 2. The first-order valence-corrected chi connectivity index (χ1v) is 8.01. The van der Waals surface area contributed by atoms with E-state index in [1.807, 2.05) is 0 Å². The number of unbranched alkanes of at least 4 members (excludes halogenated alkanes) is 1. The van der Waals surface area contributed by atoms with Gasteiger partial charge in [-0.05, 0) is 67.8 Å². The molecule has 1 aromatic heterocycles. The van der Waals surface area contributed by atoms with Gasteiger partial charge in [0.15, 0.2) is 0 Å². The highest BCUT2D eigenvalue weighted by Gasteiger charge is 2.09. The van der Waals surface area contributed by atoms with Crippen molar-refractivity contribution in [3.63, 3.8) is 0 Å². The Bertz CT molecular complexity index is 768. The Hall–Kier alpha value is -2.22. The molecule has 3 aromatic rings. The molecule has 0 bridgehead atoms. The van der Waals surface area contributed by atoms with Crippen molar-refractivity contribution in [1.82, 2.24) is 4.98 Å². The second-order valence-corrected chi connectivity index (χ2v) is 5.90. The summed E-state index contributed by atoms with van der Waals surface area (Å²) < 4.78 is 5.73. The highest BCUT2D eigenvalue weighted by atomic mass is 16.5. The van der Waals surface area contributed by atoms with Gasteiger partial charge >= 0.3 is 0 Å². The van der Waals surface area contributed by atoms with E-state index in [2.05, 4.69) is 68.2 Å². The largest absolute Gasteiger partial charge is 0.494 e. The Morgan fingerprint density at radius 1 is 1.00 bits per heavy atom. The monoisotopic (exact) mass is 293 g/mol. The molecule has 3 rings (SSSR count). The number of ether oxygens (including phenoxy) is 1. The molecule has 0 aliphatic heterocycles. The van der Waals surface area contributed by atoms with Gasteiger partial charge in [0.25, 0.3) is 0 Å². The van der Waals surface area contributed by atoms with Crippen molar-refractivity contribution >= 4 is 10.9 Å². The van der Waals surface area contributed by atoms with E-state index in [9.17, 15) is 0 Å². The van der Waals surface area contributed by atoms with Gasteiger partial charge in [0.1, 0.15) is 5.75 Å². The van der Waals surface area contributed by atoms with Crippen LogP contribution in [0.15, 0.2) is 42.5 Å². The zero-order chi connectivity index (χ0) is 15.5. The van der Waals surface area contributed by atoms with Crippen molar-refractivity contribution in [1.29, 1.82) is 0 Å². The maximum Gasteiger partial charge on any atom is 0.119 e. The zero-order valence-electron chi connectivity index (χ0n) is 13.6. The smallest absolute Gasteiger partial charge is 0.119 e. The fourth-order valence-electron chi connectivity index (χ4n) is 2.78. The SMILES string of the molecule is CCCCOc1ccc(-c2[nH]c3ccc(C)cc3c2C)cc1. The van der Waals surface area contributed by atoms with Gasteiger partial charge in [-0.2, -0.15) is 0 Å². The summed E-state index contributed by atoms with van der Waals surface area (Å²) in [5.74, 6) is 0.946. The number of hydrogen-bond acceptors (Lipinski definition) is 1. The number of H-pyrrole nitrogens is 1. The third kappa shape index (κ3) is 2.87. The van der Waals surface area contributed by atoms with E-state index >= 15 is 0 Å². The Balaban J connectivity index is 1.89. The van der Waals surface area contributed by atoms with E-state index in [0.717, 1.165) is 25.2 Å². The molecule has 114 valence electrons. The summed E-state index contributed by atoms with van der Waals surface area (Å²) in [5, 5.41) is 1.30. The van der Waals surface area contributed by atoms with Gasteiger partial charge in [-0.25, -0.2) is 0 Å². The van der Waals surface area contributed by atoms with Crippen LogP contribution in [0.2, 0.25) is 0 Å². The van der Waals surface area contributed by atoms with Crippen LogP contribution in [0.1, 0.15) is 30.9 Å². The van der Waals surface area contributed by atoms with Gasteiger partial charge in [-0.3, -0.25) is 0 Å². The van der Waals surface area contributed by atoms with Crippen molar-refractivity contribution in [2.75, 3.05) is 6.61 Å². The molecule has 0 unspecified atom stereocenters. The summed E-state index contributed by atoms with van der Waals surface area (Å²) in [7, 11) is 0. The highest BCUT2D eigenvalue weighted by molar-refractivity contribution is 5.90. The molecule has 0 atom stereocenters. The van der Waals surface area contributed by atoms with Crippen LogP contribution in [0.25, 0.3) is 22.2 Å². The lowest BCUT2D eigenvalue weighted by molar-refractivity contribution is 0.309. The van der Waals surface area contributed by atoms with Crippen LogP contribution in [0.3, 0.4) is 0 Å². The van der Waals surface area contributed by atoms with E-state index in [0.29, 0.717) is 0 Å². The minimum absolute atomic E-state index is 0.792. The maximum absolute atomic E-state index is 5.73. The number of hydrogen-bond donors (Lipinski definition) is 1. The van der Waals surface area contributed by atoms with Crippen LogP contribution in [0, 0.1) is 13.8 Å². The molecule has 22 heavy (non-hydrogen) atoms.